The summed E-state index contributed by atoms with van der Waals surface area (Å²) in [5.74, 6) is 1.34. The molecule has 33 heavy (non-hydrogen) atoms. The standard InChI is InChI=1S/C24H21NO8/c1-28-17-7-13-14(8-18(17)29-2)23(25-9-20(26)30-3)15-10-31-24(27)22(15)21(13)12-4-5-16-19(6-12)33-11-32-16/h4-8,25H,9-11H2,1-3H3. The molecule has 9 nitrogen and oxygen atoms in total. The van der Waals surface area contributed by atoms with Gasteiger partial charge < -0.3 is 33.7 Å². The molecule has 0 fully saturated rings. The number of esters is 2. The highest BCUT2D eigenvalue weighted by Crippen LogP contribution is 2.48. The molecule has 0 spiro atoms. The fourth-order valence-corrected chi connectivity index (χ4v) is 4.23. The van der Waals surface area contributed by atoms with Crippen LogP contribution >= 0.6 is 0 Å². The number of methoxy groups -OCH3 is 3. The van der Waals surface area contributed by atoms with E-state index in [2.05, 4.69) is 5.32 Å². The minimum Gasteiger partial charge on any atom is -0.493 e. The zero-order valence-electron chi connectivity index (χ0n) is 18.3. The molecule has 9 heteroatoms. The number of ether oxygens (including phenoxy) is 6. The first-order valence-electron chi connectivity index (χ1n) is 10.2. The van der Waals surface area contributed by atoms with Gasteiger partial charge in [0.25, 0.3) is 0 Å². The molecular formula is C24H21NO8. The van der Waals surface area contributed by atoms with Gasteiger partial charge in [0.15, 0.2) is 23.0 Å². The molecule has 5 rings (SSSR count). The summed E-state index contributed by atoms with van der Waals surface area (Å²) in [6, 6.07) is 9.13. The molecule has 1 N–H and O–H groups in total. The van der Waals surface area contributed by atoms with Gasteiger partial charge >= 0.3 is 11.9 Å². The Kier molecular flexibility index (Phi) is 5.08. The molecule has 2 aliphatic rings. The molecule has 0 unspecified atom stereocenters. The molecule has 0 saturated carbocycles. The van der Waals surface area contributed by atoms with Crippen LogP contribution in [0.4, 0.5) is 5.69 Å². The SMILES string of the molecule is COC(=O)CNc1c2c(c(-c3ccc4c(c3)OCO4)c3cc(OC)c(OC)cc13)C(=O)OC2. The van der Waals surface area contributed by atoms with Gasteiger partial charge in [0.05, 0.1) is 32.6 Å². The largest absolute Gasteiger partial charge is 0.493 e. The first-order chi connectivity index (χ1) is 16.0. The van der Waals surface area contributed by atoms with Crippen molar-refractivity contribution in [3.05, 3.63) is 41.5 Å². The molecular weight excluding hydrogens is 430 g/mol. The van der Waals surface area contributed by atoms with Crippen LogP contribution in [0.2, 0.25) is 0 Å². The van der Waals surface area contributed by atoms with Crippen molar-refractivity contribution in [1.29, 1.82) is 0 Å². The van der Waals surface area contributed by atoms with Crippen molar-refractivity contribution >= 4 is 28.4 Å². The predicted molar refractivity (Wildman–Crippen MR) is 118 cm³/mol. The molecule has 0 bridgehead atoms. The predicted octanol–water partition coefficient (Wildman–Crippen LogP) is 3.51. The van der Waals surface area contributed by atoms with E-state index in [9.17, 15) is 9.59 Å². The number of rotatable bonds is 6. The first-order valence-corrected chi connectivity index (χ1v) is 10.2. The second-order valence-electron chi connectivity index (χ2n) is 7.43. The molecule has 0 aromatic heterocycles. The highest BCUT2D eigenvalue weighted by molar-refractivity contribution is 6.16. The minimum atomic E-state index is -0.449. The third-order valence-corrected chi connectivity index (χ3v) is 5.77. The number of carbonyl (C=O) groups excluding carboxylic acids is 2. The summed E-state index contributed by atoms with van der Waals surface area (Å²) in [5, 5.41) is 4.58. The fourth-order valence-electron chi connectivity index (χ4n) is 4.23. The second-order valence-corrected chi connectivity index (χ2v) is 7.43. The van der Waals surface area contributed by atoms with Crippen LogP contribution in [0.5, 0.6) is 23.0 Å². The Hall–Kier alpha value is -4.14. The van der Waals surface area contributed by atoms with Crippen LogP contribution in [0.25, 0.3) is 21.9 Å². The Morgan fingerprint density at radius 3 is 2.39 bits per heavy atom. The van der Waals surface area contributed by atoms with Crippen molar-refractivity contribution in [1.82, 2.24) is 0 Å². The Morgan fingerprint density at radius 2 is 1.67 bits per heavy atom. The molecule has 3 aromatic carbocycles. The number of nitrogens with one attached hydrogen (secondary N) is 1. The Bertz CT molecular complexity index is 1300. The lowest BCUT2D eigenvalue weighted by Crippen LogP contribution is -2.16. The lowest BCUT2D eigenvalue weighted by Gasteiger charge is -2.19. The van der Waals surface area contributed by atoms with Crippen LogP contribution in [-0.4, -0.2) is 46.6 Å². The van der Waals surface area contributed by atoms with Gasteiger partial charge in [-0.25, -0.2) is 4.79 Å². The van der Waals surface area contributed by atoms with Gasteiger partial charge in [-0.05, 0) is 35.2 Å². The number of fused-ring (bicyclic) bond motifs is 3. The van der Waals surface area contributed by atoms with Crippen molar-refractivity contribution in [2.24, 2.45) is 0 Å². The van der Waals surface area contributed by atoms with Gasteiger partial charge in [-0.3, -0.25) is 4.79 Å². The van der Waals surface area contributed by atoms with Crippen LogP contribution < -0.4 is 24.3 Å². The number of benzene rings is 3. The van der Waals surface area contributed by atoms with Crippen molar-refractivity contribution in [2.75, 3.05) is 40.0 Å². The lowest BCUT2D eigenvalue weighted by atomic mass is 9.88. The number of anilines is 1. The quantitative estimate of drug-likeness (QED) is 0.564. The molecule has 2 aliphatic heterocycles. The fraction of sp³-hybridized carbons (Fsp3) is 0.250. The van der Waals surface area contributed by atoms with E-state index in [1.54, 1.807) is 20.3 Å². The van der Waals surface area contributed by atoms with Gasteiger partial charge in [0.2, 0.25) is 6.79 Å². The van der Waals surface area contributed by atoms with Gasteiger partial charge in [-0.1, -0.05) is 6.07 Å². The molecule has 0 atom stereocenters. The molecule has 3 aromatic rings. The van der Waals surface area contributed by atoms with Gasteiger partial charge in [0.1, 0.15) is 13.2 Å². The van der Waals surface area contributed by atoms with Gasteiger partial charge in [0, 0.05) is 16.5 Å². The summed E-state index contributed by atoms with van der Waals surface area (Å²) >= 11 is 0. The zero-order valence-corrected chi connectivity index (χ0v) is 18.3. The van der Waals surface area contributed by atoms with Crippen molar-refractivity contribution in [3.8, 4) is 34.1 Å². The normalized spacial score (nSPS) is 13.5. The summed E-state index contributed by atoms with van der Waals surface area (Å²) < 4.78 is 32.2. The Balaban J connectivity index is 1.83. The topological polar surface area (TPSA) is 102 Å². The molecule has 2 heterocycles. The van der Waals surface area contributed by atoms with Crippen LogP contribution in [0.1, 0.15) is 15.9 Å². The van der Waals surface area contributed by atoms with E-state index in [1.807, 2.05) is 24.3 Å². The number of hydrogen-bond acceptors (Lipinski definition) is 9. The number of carbonyl (C=O) groups is 2. The van der Waals surface area contributed by atoms with Crippen LogP contribution in [0.3, 0.4) is 0 Å². The maximum absolute atomic E-state index is 12.9. The molecule has 170 valence electrons. The van der Waals surface area contributed by atoms with Crippen molar-refractivity contribution < 1.29 is 38.0 Å². The van der Waals surface area contributed by atoms with E-state index >= 15 is 0 Å². The van der Waals surface area contributed by atoms with Crippen LogP contribution in [-0.2, 0) is 20.9 Å². The summed E-state index contributed by atoms with van der Waals surface area (Å²) in [6.45, 7) is 0.130. The van der Waals surface area contributed by atoms with Crippen LogP contribution in [0.15, 0.2) is 30.3 Å². The molecule has 0 aliphatic carbocycles. The molecule has 0 amide bonds. The summed E-state index contributed by atoms with van der Waals surface area (Å²) in [5.41, 5.74) is 3.09. The number of cyclic esters (lactones) is 1. The van der Waals surface area contributed by atoms with E-state index < -0.39 is 11.9 Å². The van der Waals surface area contributed by atoms with Gasteiger partial charge in [-0.2, -0.15) is 0 Å². The van der Waals surface area contributed by atoms with E-state index in [0.29, 0.717) is 45.4 Å². The summed E-state index contributed by atoms with van der Waals surface area (Å²) in [7, 11) is 4.40. The third kappa shape index (κ3) is 3.32. The Morgan fingerprint density at radius 1 is 0.939 bits per heavy atom. The van der Waals surface area contributed by atoms with Crippen LogP contribution in [0, 0.1) is 0 Å². The lowest BCUT2D eigenvalue weighted by molar-refractivity contribution is -0.138. The highest BCUT2D eigenvalue weighted by Gasteiger charge is 2.32. The first kappa shape index (κ1) is 20.7. The average Bonchev–Trinajstić information content (AvgIpc) is 3.46. The minimum absolute atomic E-state index is 0.0690. The average molecular weight is 451 g/mol. The van der Waals surface area contributed by atoms with E-state index in [1.165, 1.54) is 7.11 Å². The van der Waals surface area contributed by atoms with E-state index in [4.69, 9.17) is 28.4 Å². The summed E-state index contributed by atoms with van der Waals surface area (Å²) in [6.07, 6.45) is 0. The summed E-state index contributed by atoms with van der Waals surface area (Å²) in [4.78, 5) is 24.8. The highest BCUT2D eigenvalue weighted by atomic mass is 16.7. The monoisotopic (exact) mass is 451 g/mol. The van der Waals surface area contributed by atoms with E-state index in [-0.39, 0.29) is 19.9 Å². The Labute approximate surface area is 189 Å². The second kappa shape index (κ2) is 8.09. The van der Waals surface area contributed by atoms with E-state index in [0.717, 1.165) is 16.3 Å². The van der Waals surface area contributed by atoms with Gasteiger partial charge in [-0.15, -0.1) is 0 Å². The number of hydrogen-bond donors (Lipinski definition) is 1. The molecule has 0 saturated heterocycles. The van der Waals surface area contributed by atoms with Crippen molar-refractivity contribution in [2.45, 2.75) is 6.61 Å². The third-order valence-electron chi connectivity index (χ3n) is 5.77. The zero-order chi connectivity index (χ0) is 23.1. The smallest absolute Gasteiger partial charge is 0.339 e. The van der Waals surface area contributed by atoms with Crippen molar-refractivity contribution in [3.63, 3.8) is 0 Å². The maximum Gasteiger partial charge on any atom is 0.339 e. The molecule has 0 radical (unpaired) electrons. The maximum atomic E-state index is 12.9.